The number of carbonyl (C=O) groups excluding carboxylic acids is 1. The molecule has 0 saturated carbocycles. The minimum Gasteiger partial charge on any atom is -0.495 e. The predicted octanol–water partition coefficient (Wildman–Crippen LogP) is 2.78. The monoisotopic (exact) mass is 326 g/mol. The van der Waals surface area contributed by atoms with Crippen LogP contribution in [0.1, 0.15) is 19.8 Å². The fraction of sp³-hybridized carbons (Fsp3) is 0.500. The summed E-state index contributed by atoms with van der Waals surface area (Å²) < 4.78 is 6.16. The van der Waals surface area contributed by atoms with E-state index in [1.807, 2.05) is 18.2 Å². The average molecular weight is 327 g/mol. The lowest BCUT2D eigenvalue weighted by Gasteiger charge is -2.27. The zero-order chi connectivity index (χ0) is 13.8. The van der Waals surface area contributed by atoms with Gasteiger partial charge in [0.05, 0.1) is 18.8 Å². The molecule has 2 atom stereocenters. The third kappa shape index (κ3) is 3.70. The quantitative estimate of drug-likeness (QED) is 0.898. The van der Waals surface area contributed by atoms with Crippen molar-refractivity contribution in [2.45, 2.75) is 25.8 Å². The molecule has 1 aliphatic heterocycles. The SMILES string of the molecule is COc1ccc(Br)cc1NC(=O)C1CC(C)CCN1. The molecule has 1 heterocycles. The summed E-state index contributed by atoms with van der Waals surface area (Å²) in [6, 6.07) is 5.45. The number of carbonyl (C=O) groups is 1. The Morgan fingerprint density at radius 3 is 3.00 bits per heavy atom. The first kappa shape index (κ1) is 14.3. The summed E-state index contributed by atoms with van der Waals surface area (Å²) in [5.74, 6) is 1.25. The van der Waals surface area contributed by atoms with Gasteiger partial charge < -0.3 is 15.4 Å². The molecule has 5 heteroatoms. The average Bonchev–Trinajstić information content (AvgIpc) is 2.39. The first-order valence-electron chi connectivity index (χ1n) is 6.48. The summed E-state index contributed by atoms with van der Waals surface area (Å²) >= 11 is 3.40. The molecule has 1 aliphatic rings. The van der Waals surface area contributed by atoms with E-state index in [0.717, 1.165) is 23.9 Å². The Morgan fingerprint density at radius 2 is 2.32 bits per heavy atom. The van der Waals surface area contributed by atoms with Crippen LogP contribution in [0.3, 0.4) is 0 Å². The Bertz CT molecular complexity index is 465. The Morgan fingerprint density at radius 1 is 1.53 bits per heavy atom. The number of methoxy groups -OCH3 is 1. The van der Waals surface area contributed by atoms with Gasteiger partial charge in [0.2, 0.25) is 5.91 Å². The molecule has 0 radical (unpaired) electrons. The van der Waals surface area contributed by atoms with Gasteiger partial charge in [-0.05, 0) is 43.5 Å². The third-order valence-electron chi connectivity index (χ3n) is 3.40. The largest absolute Gasteiger partial charge is 0.495 e. The van der Waals surface area contributed by atoms with Gasteiger partial charge >= 0.3 is 0 Å². The Labute approximate surface area is 122 Å². The van der Waals surface area contributed by atoms with E-state index in [0.29, 0.717) is 17.4 Å². The first-order valence-corrected chi connectivity index (χ1v) is 7.27. The van der Waals surface area contributed by atoms with Crippen molar-refractivity contribution < 1.29 is 9.53 Å². The summed E-state index contributed by atoms with van der Waals surface area (Å²) in [5.41, 5.74) is 0.696. The van der Waals surface area contributed by atoms with Crippen LogP contribution in [-0.4, -0.2) is 25.6 Å². The number of anilines is 1. The van der Waals surface area contributed by atoms with Crippen molar-refractivity contribution in [2.24, 2.45) is 5.92 Å². The van der Waals surface area contributed by atoms with Crippen molar-refractivity contribution in [1.29, 1.82) is 0 Å². The number of nitrogens with one attached hydrogen (secondary N) is 2. The highest BCUT2D eigenvalue weighted by atomic mass is 79.9. The van der Waals surface area contributed by atoms with Crippen molar-refractivity contribution in [3.8, 4) is 5.75 Å². The van der Waals surface area contributed by atoms with E-state index < -0.39 is 0 Å². The maximum absolute atomic E-state index is 12.2. The lowest BCUT2D eigenvalue weighted by Crippen LogP contribution is -2.45. The predicted molar refractivity (Wildman–Crippen MR) is 79.5 cm³/mol. The second-order valence-corrected chi connectivity index (χ2v) is 5.89. The Kier molecular flexibility index (Phi) is 4.82. The fourth-order valence-corrected chi connectivity index (χ4v) is 2.67. The van der Waals surface area contributed by atoms with Gasteiger partial charge in [-0.2, -0.15) is 0 Å². The van der Waals surface area contributed by atoms with E-state index in [-0.39, 0.29) is 11.9 Å². The minimum absolute atomic E-state index is 0.00273. The molecular formula is C14H19BrN2O2. The van der Waals surface area contributed by atoms with E-state index in [9.17, 15) is 4.79 Å². The Hall–Kier alpha value is -1.07. The molecule has 0 aromatic heterocycles. The van der Waals surface area contributed by atoms with Gasteiger partial charge in [-0.15, -0.1) is 0 Å². The minimum atomic E-state index is -0.118. The molecule has 1 amide bonds. The molecule has 1 saturated heterocycles. The van der Waals surface area contributed by atoms with Crippen LogP contribution in [0.15, 0.2) is 22.7 Å². The number of ether oxygens (including phenoxy) is 1. The van der Waals surface area contributed by atoms with Crippen LogP contribution in [0.4, 0.5) is 5.69 Å². The van der Waals surface area contributed by atoms with E-state index in [2.05, 4.69) is 33.5 Å². The molecule has 1 fully saturated rings. The van der Waals surface area contributed by atoms with Crippen molar-refractivity contribution in [2.75, 3.05) is 19.0 Å². The number of amides is 1. The molecule has 104 valence electrons. The second kappa shape index (κ2) is 6.39. The summed E-state index contributed by atoms with van der Waals surface area (Å²) in [7, 11) is 1.60. The fourth-order valence-electron chi connectivity index (χ4n) is 2.30. The van der Waals surface area contributed by atoms with E-state index >= 15 is 0 Å². The maximum Gasteiger partial charge on any atom is 0.241 e. The van der Waals surface area contributed by atoms with Crippen molar-refractivity contribution >= 4 is 27.5 Å². The Balaban J connectivity index is 2.07. The first-order chi connectivity index (χ1) is 9.10. The van der Waals surface area contributed by atoms with E-state index in [1.165, 1.54) is 0 Å². The standard InChI is InChI=1S/C14H19BrN2O2/c1-9-5-6-16-12(7-9)14(18)17-11-8-10(15)3-4-13(11)19-2/h3-4,8-9,12,16H,5-7H2,1-2H3,(H,17,18). The highest BCUT2D eigenvalue weighted by Gasteiger charge is 2.25. The van der Waals surface area contributed by atoms with Gasteiger partial charge in [-0.1, -0.05) is 22.9 Å². The van der Waals surface area contributed by atoms with Crippen LogP contribution in [0.25, 0.3) is 0 Å². The van der Waals surface area contributed by atoms with E-state index in [4.69, 9.17) is 4.74 Å². The molecule has 0 spiro atoms. The number of piperidine rings is 1. The van der Waals surface area contributed by atoms with Gasteiger partial charge in [0.1, 0.15) is 5.75 Å². The number of hydrogen-bond donors (Lipinski definition) is 2. The topological polar surface area (TPSA) is 50.4 Å². The van der Waals surface area contributed by atoms with Crippen molar-refractivity contribution in [3.05, 3.63) is 22.7 Å². The summed E-state index contributed by atoms with van der Waals surface area (Å²) in [5, 5.41) is 6.19. The van der Waals surface area contributed by atoms with Crippen LogP contribution < -0.4 is 15.4 Å². The van der Waals surface area contributed by atoms with Crippen LogP contribution in [0.5, 0.6) is 5.75 Å². The van der Waals surface area contributed by atoms with Crippen molar-refractivity contribution in [3.63, 3.8) is 0 Å². The third-order valence-corrected chi connectivity index (χ3v) is 3.90. The van der Waals surface area contributed by atoms with Crippen LogP contribution >= 0.6 is 15.9 Å². The smallest absolute Gasteiger partial charge is 0.241 e. The molecular weight excluding hydrogens is 308 g/mol. The molecule has 0 bridgehead atoms. The van der Waals surface area contributed by atoms with Crippen LogP contribution in [0.2, 0.25) is 0 Å². The maximum atomic E-state index is 12.2. The highest BCUT2D eigenvalue weighted by Crippen LogP contribution is 2.28. The lowest BCUT2D eigenvalue weighted by molar-refractivity contribution is -0.119. The normalized spacial score (nSPS) is 22.9. The number of halogens is 1. The van der Waals surface area contributed by atoms with Crippen molar-refractivity contribution in [1.82, 2.24) is 5.32 Å². The van der Waals surface area contributed by atoms with Gasteiger partial charge in [-0.25, -0.2) is 0 Å². The second-order valence-electron chi connectivity index (χ2n) is 4.97. The molecule has 1 aromatic rings. The zero-order valence-corrected chi connectivity index (χ0v) is 12.8. The lowest BCUT2D eigenvalue weighted by atomic mass is 9.94. The van der Waals surface area contributed by atoms with Gasteiger partial charge in [0.25, 0.3) is 0 Å². The van der Waals surface area contributed by atoms with Crippen LogP contribution in [-0.2, 0) is 4.79 Å². The molecule has 2 rings (SSSR count). The summed E-state index contributed by atoms with van der Waals surface area (Å²) in [4.78, 5) is 12.2. The summed E-state index contributed by atoms with van der Waals surface area (Å²) in [6.45, 7) is 3.08. The molecule has 19 heavy (non-hydrogen) atoms. The number of hydrogen-bond acceptors (Lipinski definition) is 3. The number of benzene rings is 1. The van der Waals surface area contributed by atoms with E-state index in [1.54, 1.807) is 7.11 Å². The number of rotatable bonds is 3. The highest BCUT2D eigenvalue weighted by molar-refractivity contribution is 9.10. The van der Waals surface area contributed by atoms with Gasteiger partial charge in [0.15, 0.2) is 0 Å². The molecule has 1 aromatic carbocycles. The zero-order valence-electron chi connectivity index (χ0n) is 11.2. The molecule has 2 unspecified atom stereocenters. The van der Waals surface area contributed by atoms with Gasteiger partial charge in [-0.3, -0.25) is 4.79 Å². The molecule has 4 nitrogen and oxygen atoms in total. The van der Waals surface area contributed by atoms with Crippen LogP contribution in [0, 0.1) is 5.92 Å². The molecule has 2 N–H and O–H groups in total. The molecule has 0 aliphatic carbocycles. The van der Waals surface area contributed by atoms with Gasteiger partial charge in [0, 0.05) is 4.47 Å². The summed E-state index contributed by atoms with van der Waals surface area (Å²) in [6.07, 6.45) is 2.01.